The summed E-state index contributed by atoms with van der Waals surface area (Å²) in [7, 11) is 0. The van der Waals surface area contributed by atoms with Gasteiger partial charge in [0.25, 0.3) is 0 Å². The second kappa shape index (κ2) is 6.20. The Morgan fingerprint density at radius 3 is 2.68 bits per heavy atom. The number of carbonyl (C=O) groups is 1. The van der Waals surface area contributed by atoms with Crippen LogP contribution in [0.5, 0.6) is 0 Å². The van der Waals surface area contributed by atoms with E-state index in [1.54, 1.807) is 13.0 Å². The maximum absolute atomic E-state index is 12.0. The Kier molecular flexibility index (Phi) is 4.12. The van der Waals surface area contributed by atoms with Gasteiger partial charge in [0.05, 0.1) is 6.61 Å². The van der Waals surface area contributed by atoms with E-state index in [2.05, 4.69) is 0 Å². The smallest absolute Gasteiger partial charge is 0.331 e. The molecule has 0 aliphatic heterocycles. The van der Waals surface area contributed by atoms with Crippen LogP contribution in [0.3, 0.4) is 0 Å². The van der Waals surface area contributed by atoms with Gasteiger partial charge in [-0.2, -0.15) is 0 Å². The quantitative estimate of drug-likeness (QED) is 0.501. The van der Waals surface area contributed by atoms with Gasteiger partial charge in [-0.25, -0.2) is 4.79 Å². The van der Waals surface area contributed by atoms with E-state index in [0.717, 1.165) is 27.8 Å². The van der Waals surface area contributed by atoms with E-state index in [0.29, 0.717) is 11.6 Å². The Morgan fingerprint density at radius 1 is 1.09 bits per heavy atom. The van der Waals surface area contributed by atoms with Crippen LogP contribution in [0, 0.1) is 0 Å². The second-order valence-electron chi connectivity index (χ2n) is 4.93. The molecule has 2 aromatic carbocycles. The molecule has 3 rings (SSSR count). The van der Waals surface area contributed by atoms with Gasteiger partial charge in [0, 0.05) is 16.7 Å². The molecule has 22 heavy (non-hydrogen) atoms. The number of halogens is 1. The highest BCUT2D eigenvalue weighted by Gasteiger charge is 2.17. The van der Waals surface area contributed by atoms with Crippen molar-refractivity contribution in [1.82, 2.24) is 0 Å². The van der Waals surface area contributed by atoms with Gasteiger partial charge in [-0.15, -0.1) is 0 Å². The topological polar surface area (TPSA) is 26.3 Å². The molecule has 0 fully saturated rings. The largest absolute Gasteiger partial charge is 0.463 e. The van der Waals surface area contributed by atoms with E-state index >= 15 is 0 Å². The molecule has 0 radical (unpaired) electrons. The van der Waals surface area contributed by atoms with Crippen LogP contribution in [0.25, 0.3) is 17.7 Å². The summed E-state index contributed by atoms with van der Waals surface area (Å²) < 4.78 is 5.08. The fraction of sp³-hybridized carbons (Fsp3) is 0.105. The van der Waals surface area contributed by atoms with Gasteiger partial charge in [0.1, 0.15) is 0 Å². The molecule has 3 heteroatoms. The molecule has 0 bridgehead atoms. The summed E-state index contributed by atoms with van der Waals surface area (Å²) in [5, 5.41) is 0.663. The van der Waals surface area contributed by atoms with Crippen molar-refractivity contribution in [3.63, 3.8) is 0 Å². The normalized spacial score (nSPS) is 14.2. The highest BCUT2D eigenvalue weighted by Crippen LogP contribution is 2.36. The third-order valence-corrected chi connectivity index (χ3v) is 3.90. The fourth-order valence-corrected chi connectivity index (χ4v) is 2.84. The number of ether oxygens (including phenoxy) is 1. The van der Waals surface area contributed by atoms with Crippen molar-refractivity contribution in [3.8, 4) is 0 Å². The maximum Gasteiger partial charge on any atom is 0.331 e. The molecule has 2 aromatic rings. The average Bonchev–Trinajstić information content (AvgIpc) is 2.67. The minimum absolute atomic E-state index is 0.347. The van der Waals surface area contributed by atoms with Crippen molar-refractivity contribution in [2.45, 2.75) is 6.92 Å². The van der Waals surface area contributed by atoms with E-state index in [1.165, 1.54) is 0 Å². The van der Waals surface area contributed by atoms with Gasteiger partial charge in [-0.05, 0) is 35.3 Å². The van der Waals surface area contributed by atoms with Crippen LogP contribution < -0.4 is 0 Å². The van der Waals surface area contributed by atoms with Crippen molar-refractivity contribution in [2.75, 3.05) is 6.61 Å². The molecule has 1 aliphatic carbocycles. The standard InChI is InChI=1S/C19H15ClO2/c1-2-22-19(21)12-17-14-7-4-3-6-13(14)10-11-16-15(17)8-5-9-18(16)20/h3-12H,2H2,1H3. The first-order valence-corrected chi connectivity index (χ1v) is 7.53. The summed E-state index contributed by atoms with van der Waals surface area (Å²) >= 11 is 6.33. The zero-order valence-corrected chi connectivity index (χ0v) is 12.9. The minimum atomic E-state index is -0.347. The zero-order chi connectivity index (χ0) is 15.5. The Balaban J connectivity index is 2.26. The average molecular weight is 311 g/mol. The Bertz CT molecular complexity index is 788. The fourth-order valence-electron chi connectivity index (χ4n) is 2.60. The van der Waals surface area contributed by atoms with Gasteiger partial charge >= 0.3 is 5.97 Å². The maximum atomic E-state index is 12.0. The number of rotatable bonds is 2. The third-order valence-electron chi connectivity index (χ3n) is 3.57. The minimum Gasteiger partial charge on any atom is -0.463 e. The van der Waals surface area contributed by atoms with E-state index in [4.69, 9.17) is 16.3 Å². The van der Waals surface area contributed by atoms with Crippen LogP contribution in [0.4, 0.5) is 0 Å². The van der Waals surface area contributed by atoms with Crippen LogP contribution in [-0.2, 0) is 9.53 Å². The first-order valence-electron chi connectivity index (χ1n) is 7.15. The van der Waals surface area contributed by atoms with Gasteiger partial charge in [0.15, 0.2) is 0 Å². The first kappa shape index (κ1) is 14.6. The van der Waals surface area contributed by atoms with Crippen molar-refractivity contribution in [3.05, 3.63) is 75.8 Å². The summed E-state index contributed by atoms with van der Waals surface area (Å²) in [5.41, 5.74) is 4.72. The second-order valence-corrected chi connectivity index (χ2v) is 5.34. The molecule has 0 saturated heterocycles. The van der Waals surface area contributed by atoms with E-state index < -0.39 is 0 Å². The predicted octanol–water partition coefficient (Wildman–Crippen LogP) is 4.82. The zero-order valence-electron chi connectivity index (χ0n) is 12.2. The molecule has 0 spiro atoms. The van der Waals surface area contributed by atoms with E-state index in [-0.39, 0.29) is 5.97 Å². The Morgan fingerprint density at radius 2 is 1.86 bits per heavy atom. The lowest BCUT2D eigenvalue weighted by Crippen LogP contribution is -2.02. The van der Waals surface area contributed by atoms with Crippen LogP contribution in [0.1, 0.15) is 29.2 Å². The third kappa shape index (κ3) is 2.70. The molecule has 0 unspecified atom stereocenters. The highest BCUT2D eigenvalue weighted by molar-refractivity contribution is 6.32. The molecular formula is C19H15ClO2. The summed E-state index contributed by atoms with van der Waals surface area (Å²) in [4.78, 5) is 12.0. The number of esters is 1. The predicted molar refractivity (Wildman–Crippen MR) is 90.5 cm³/mol. The monoisotopic (exact) mass is 310 g/mol. The molecular weight excluding hydrogens is 296 g/mol. The summed E-state index contributed by atoms with van der Waals surface area (Å²) in [6.45, 7) is 2.15. The van der Waals surface area contributed by atoms with E-state index in [1.807, 2.05) is 54.6 Å². The Hall–Kier alpha value is -2.32. The van der Waals surface area contributed by atoms with Gasteiger partial charge in [-0.3, -0.25) is 0 Å². The summed E-state index contributed by atoms with van der Waals surface area (Å²) in [6, 6.07) is 13.7. The van der Waals surface area contributed by atoms with Gasteiger partial charge in [0.2, 0.25) is 0 Å². The highest BCUT2D eigenvalue weighted by atomic mass is 35.5. The number of benzene rings is 2. The number of carbonyl (C=O) groups excluding carboxylic acids is 1. The lowest BCUT2D eigenvalue weighted by molar-refractivity contribution is -0.137. The van der Waals surface area contributed by atoms with Gasteiger partial charge in [-0.1, -0.05) is 60.2 Å². The SMILES string of the molecule is CCOC(=O)C=C1c2ccccc2C=Cc2c(Cl)cccc21. The summed E-state index contributed by atoms with van der Waals surface area (Å²) in [5.74, 6) is -0.347. The molecule has 0 saturated carbocycles. The van der Waals surface area contributed by atoms with Crippen LogP contribution in [0.15, 0.2) is 48.5 Å². The van der Waals surface area contributed by atoms with Crippen molar-refractivity contribution in [2.24, 2.45) is 0 Å². The summed E-state index contributed by atoms with van der Waals surface area (Å²) in [6.07, 6.45) is 5.55. The molecule has 0 amide bonds. The molecule has 0 heterocycles. The lowest BCUT2D eigenvalue weighted by Gasteiger charge is -2.12. The van der Waals surface area contributed by atoms with Crippen molar-refractivity contribution >= 4 is 35.3 Å². The lowest BCUT2D eigenvalue weighted by atomic mass is 9.93. The number of fused-ring (bicyclic) bond motifs is 2. The molecule has 110 valence electrons. The van der Waals surface area contributed by atoms with Crippen molar-refractivity contribution < 1.29 is 9.53 Å². The molecule has 0 atom stereocenters. The first-order chi connectivity index (χ1) is 10.7. The van der Waals surface area contributed by atoms with Crippen LogP contribution >= 0.6 is 11.6 Å². The van der Waals surface area contributed by atoms with E-state index in [9.17, 15) is 4.79 Å². The molecule has 2 nitrogen and oxygen atoms in total. The molecule has 0 aromatic heterocycles. The number of hydrogen-bond acceptors (Lipinski definition) is 2. The van der Waals surface area contributed by atoms with Gasteiger partial charge < -0.3 is 4.74 Å². The molecule has 0 N–H and O–H groups in total. The Labute approximate surface area is 134 Å². The van der Waals surface area contributed by atoms with Crippen molar-refractivity contribution in [1.29, 1.82) is 0 Å². The molecule has 1 aliphatic rings. The number of hydrogen-bond donors (Lipinski definition) is 0. The van der Waals surface area contributed by atoms with Crippen LogP contribution in [0.2, 0.25) is 5.02 Å². The van der Waals surface area contributed by atoms with Crippen LogP contribution in [-0.4, -0.2) is 12.6 Å².